The normalized spacial score (nSPS) is 12.5. The Bertz CT molecular complexity index is 824. The third-order valence-electron chi connectivity index (χ3n) is 3.26. The molecule has 0 aliphatic heterocycles. The summed E-state index contributed by atoms with van der Waals surface area (Å²) in [4.78, 5) is 24.9. The fraction of sp³-hybridized carbons (Fsp3) is 0.267. The topological polar surface area (TPSA) is 70.7 Å². The van der Waals surface area contributed by atoms with Crippen molar-refractivity contribution in [3.05, 3.63) is 50.7 Å². The fourth-order valence-electron chi connectivity index (χ4n) is 2.11. The van der Waals surface area contributed by atoms with Crippen LogP contribution in [-0.2, 0) is 6.42 Å². The second-order valence-electron chi connectivity index (χ2n) is 4.82. The molecule has 1 aromatic carbocycles. The van der Waals surface area contributed by atoms with Crippen molar-refractivity contribution in [3.8, 4) is 0 Å². The molecule has 1 unspecified atom stereocenters. The van der Waals surface area contributed by atoms with Crippen molar-refractivity contribution in [1.29, 1.82) is 0 Å². The van der Waals surface area contributed by atoms with Crippen LogP contribution in [0.2, 0.25) is 0 Å². The molecule has 5 nitrogen and oxygen atoms in total. The van der Waals surface area contributed by atoms with Gasteiger partial charge >= 0.3 is 0 Å². The van der Waals surface area contributed by atoms with E-state index in [2.05, 4.69) is 27.2 Å². The second kappa shape index (κ2) is 5.65. The standard InChI is InChI=1S/C15H16N4OS/c1-3-10-8-16-14(21-10)9(2)17-15-18-12-7-5-4-6-11(12)13(20)19-15/h4-9H,3H2,1-2H3,(H2,17,18,19,20). The Morgan fingerprint density at radius 2 is 2.19 bits per heavy atom. The molecule has 108 valence electrons. The highest BCUT2D eigenvalue weighted by Crippen LogP contribution is 2.22. The molecule has 0 radical (unpaired) electrons. The van der Waals surface area contributed by atoms with Crippen LogP contribution in [-0.4, -0.2) is 15.0 Å². The fourth-order valence-corrected chi connectivity index (χ4v) is 2.97. The lowest BCUT2D eigenvalue weighted by atomic mass is 10.2. The number of aryl methyl sites for hydroxylation is 1. The van der Waals surface area contributed by atoms with Crippen LogP contribution in [0, 0.1) is 0 Å². The summed E-state index contributed by atoms with van der Waals surface area (Å²) < 4.78 is 0. The zero-order valence-corrected chi connectivity index (χ0v) is 12.7. The maximum atomic E-state index is 12.0. The number of hydrogen-bond acceptors (Lipinski definition) is 5. The molecule has 6 heteroatoms. The van der Waals surface area contributed by atoms with Gasteiger partial charge in [-0.3, -0.25) is 9.78 Å². The minimum Gasteiger partial charge on any atom is -0.347 e. The number of hydrogen-bond donors (Lipinski definition) is 2. The molecule has 0 bridgehead atoms. The number of benzene rings is 1. The molecule has 0 saturated carbocycles. The lowest BCUT2D eigenvalue weighted by Gasteiger charge is -2.11. The van der Waals surface area contributed by atoms with Gasteiger partial charge in [0.1, 0.15) is 5.01 Å². The first-order valence-corrected chi connectivity index (χ1v) is 7.69. The van der Waals surface area contributed by atoms with Crippen molar-refractivity contribution in [2.75, 3.05) is 5.32 Å². The predicted octanol–water partition coefficient (Wildman–Crippen LogP) is 3.12. The molecule has 2 N–H and O–H groups in total. The third-order valence-corrected chi connectivity index (χ3v) is 4.58. The highest BCUT2D eigenvalue weighted by atomic mass is 32.1. The van der Waals surface area contributed by atoms with Gasteiger partial charge < -0.3 is 5.32 Å². The first-order valence-electron chi connectivity index (χ1n) is 6.87. The van der Waals surface area contributed by atoms with Crippen LogP contribution in [0.3, 0.4) is 0 Å². The van der Waals surface area contributed by atoms with E-state index in [1.807, 2.05) is 31.3 Å². The summed E-state index contributed by atoms with van der Waals surface area (Å²) in [7, 11) is 0. The summed E-state index contributed by atoms with van der Waals surface area (Å²) in [5.41, 5.74) is 0.549. The number of nitrogens with one attached hydrogen (secondary N) is 2. The van der Waals surface area contributed by atoms with Crippen LogP contribution in [0.25, 0.3) is 10.9 Å². The van der Waals surface area contributed by atoms with Crippen molar-refractivity contribution in [3.63, 3.8) is 0 Å². The largest absolute Gasteiger partial charge is 0.347 e. The first kappa shape index (κ1) is 13.8. The number of rotatable bonds is 4. The van der Waals surface area contributed by atoms with E-state index in [0.29, 0.717) is 16.9 Å². The van der Waals surface area contributed by atoms with Crippen molar-refractivity contribution >= 4 is 28.2 Å². The van der Waals surface area contributed by atoms with Gasteiger partial charge in [-0.05, 0) is 25.5 Å². The van der Waals surface area contributed by atoms with Gasteiger partial charge in [0.15, 0.2) is 0 Å². The molecule has 0 aliphatic carbocycles. The van der Waals surface area contributed by atoms with Gasteiger partial charge in [0.2, 0.25) is 5.95 Å². The molecule has 1 atom stereocenters. The highest BCUT2D eigenvalue weighted by molar-refractivity contribution is 7.11. The molecular formula is C15H16N4OS. The average Bonchev–Trinajstić information content (AvgIpc) is 2.96. The van der Waals surface area contributed by atoms with E-state index < -0.39 is 0 Å². The maximum Gasteiger partial charge on any atom is 0.260 e. The molecule has 0 saturated heterocycles. The number of aromatic amines is 1. The van der Waals surface area contributed by atoms with Gasteiger partial charge in [-0.2, -0.15) is 0 Å². The molecule has 2 aromatic heterocycles. The van der Waals surface area contributed by atoms with Crippen LogP contribution < -0.4 is 10.9 Å². The Labute approximate surface area is 126 Å². The minimum atomic E-state index is -0.135. The van der Waals surface area contributed by atoms with Gasteiger partial charge in [0.25, 0.3) is 5.56 Å². The zero-order chi connectivity index (χ0) is 14.8. The number of H-pyrrole nitrogens is 1. The van der Waals surface area contributed by atoms with Gasteiger partial charge in [-0.25, -0.2) is 9.97 Å². The van der Waals surface area contributed by atoms with E-state index in [-0.39, 0.29) is 11.6 Å². The Hall–Kier alpha value is -2.21. The minimum absolute atomic E-state index is 0.000359. The SMILES string of the molecule is CCc1cnc(C(C)Nc2nc3ccccc3c(=O)[nH]2)s1. The van der Waals surface area contributed by atoms with Gasteiger partial charge in [0, 0.05) is 11.1 Å². The lowest BCUT2D eigenvalue weighted by molar-refractivity contribution is 0.849. The molecule has 0 aliphatic rings. The number of fused-ring (bicyclic) bond motifs is 1. The van der Waals surface area contributed by atoms with Crippen molar-refractivity contribution in [2.45, 2.75) is 26.3 Å². The summed E-state index contributed by atoms with van der Waals surface area (Å²) in [6.45, 7) is 4.12. The maximum absolute atomic E-state index is 12.0. The van der Waals surface area contributed by atoms with Gasteiger partial charge in [-0.15, -0.1) is 11.3 Å². The highest BCUT2D eigenvalue weighted by Gasteiger charge is 2.12. The Morgan fingerprint density at radius 1 is 1.38 bits per heavy atom. The van der Waals surface area contributed by atoms with E-state index in [1.54, 1.807) is 17.4 Å². The Balaban J connectivity index is 1.89. The molecule has 3 aromatic rings. The van der Waals surface area contributed by atoms with Crippen LogP contribution in [0.15, 0.2) is 35.3 Å². The molecule has 0 fully saturated rings. The van der Waals surface area contributed by atoms with Crippen molar-refractivity contribution in [2.24, 2.45) is 0 Å². The molecule has 0 spiro atoms. The van der Waals surface area contributed by atoms with Crippen LogP contribution in [0.5, 0.6) is 0 Å². The van der Waals surface area contributed by atoms with Crippen LogP contribution in [0.1, 0.15) is 29.8 Å². The number of nitrogens with zero attached hydrogens (tertiary/aromatic N) is 2. The van der Waals surface area contributed by atoms with E-state index in [9.17, 15) is 4.79 Å². The summed E-state index contributed by atoms with van der Waals surface area (Å²) in [6.07, 6.45) is 2.88. The van der Waals surface area contributed by atoms with E-state index in [4.69, 9.17) is 0 Å². The van der Waals surface area contributed by atoms with Crippen LogP contribution in [0.4, 0.5) is 5.95 Å². The number of para-hydroxylation sites is 1. The predicted molar refractivity (Wildman–Crippen MR) is 85.9 cm³/mol. The number of anilines is 1. The van der Waals surface area contributed by atoms with Crippen LogP contribution >= 0.6 is 11.3 Å². The average molecular weight is 300 g/mol. The number of thiazole rings is 1. The monoisotopic (exact) mass is 300 g/mol. The Morgan fingerprint density at radius 3 is 2.95 bits per heavy atom. The quantitative estimate of drug-likeness (QED) is 0.776. The summed E-state index contributed by atoms with van der Waals surface area (Å²) >= 11 is 1.67. The summed E-state index contributed by atoms with van der Waals surface area (Å²) in [6, 6.07) is 7.30. The Kier molecular flexibility index (Phi) is 3.70. The smallest absolute Gasteiger partial charge is 0.260 e. The van der Waals surface area contributed by atoms with Crippen molar-refractivity contribution < 1.29 is 0 Å². The summed E-state index contributed by atoms with van der Waals surface area (Å²) in [5.74, 6) is 0.472. The van der Waals surface area contributed by atoms with E-state index >= 15 is 0 Å². The van der Waals surface area contributed by atoms with Gasteiger partial charge in [0.05, 0.1) is 16.9 Å². The molecule has 21 heavy (non-hydrogen) atoms. The van der Waals surface area contributed by atoms with Gasteiger partial charge in [-0.1, -0.05) is 19.1 Å². The molecular weight excluding hydrogens is 284 g/mol. The third kappa shape index (κ3) is 2.80. The zero-order valence-electron chi connectivity index (χ0n) is 11.9. The summed E-state index contributed by atoms with van der Waals surface area (Å²) in [5, 5.41) is 4.79. The lowest BCUT2D eigenvalue weighted by Crippen LogP contribution is -2.15. The second-order valence-corrected chi connectivity index (χ2v) is 5.96. The first-order chi connectivity index (χ1) is 10.2. The number of aromatic nitrogens is 3. The van der Waals surface area contributed by atoms with Crippen molar-refractivity contribution in [1.82, 2.24) is 15.0 Å². The van der Waals surface area contributed by atoms with E-state index in [1.165, 1.54) is 4.88 Å². The molecule has 3 rings (SSSR count). The molecule has 2 heterocycles. The van der Waals surface area contributed by atoms with E-state index in [0.717, 1.165) is 11.4 Å². The molecule has 0 amide bonds.